The molecule has 0 saturated carbocycles. The van der Waals surface area contributed by atoms with E-state index in [1.807, 2.05) is 6.07 Å². The Morgan fingerprint density at radius 1 is 1.30 bits per heavy atom. The van der Waals surface area contributed by atoms with Crippen molar-refractivity contribution < 1.29 is 13.6 Å². The molecule has 1 N–H and O–H groups in total. The van der Waals surface area contributed by atoms with E-state index in [9.17, 15) is 13.6 Å². The van der Waals surface area contributed by atoms with E-state index in [4.69, 9.17) is 0 Å². The van der Waals surface area contributed by atoms with Gasteiger partial charge in [0.25, 0.3) is 5.91 Å². The van der Waals surface area contributed by atoms with E-state index < -0.39 is 17.5 Å². The van der Waals surface area contributed by atoms with E-state index in [0.717, 1.165) is 17.7 Å². The minimum atomic E-state index is -0.839. The largest absolute Gasteiger partial charge is 0.329 e. The fourth-order valence-corrected chi connectivity index (χ4v) is 2.64. The van der Waals surface area contributed by atoms with Gasteiger partial charge in [0.15, 0.2) is 0 Å². The first-order valence-corrected chi connectivity index (χ1v) is 7.03. The monoisotopic (exact) mass is 339 g/mol. The molecule has 1 saturated heterocycles. The molecule has 1 aliphatic rings. The van der Waals surface area contributed by atoms with Crippen molar-refractivity contribution in [2.75, 3.05) is 19.6 Å². The van der Waals surface area contributed by atoms with Crippen LogP contribution in [0.5, 0.6) is 0 Å². The quantitative estimate of drug-likeness (QED) is 0.914. The Hall–Kier alpha value is -2.05. The third kappa shape index (κ3) is 3.65. The number of halogens is 3. The van der Waals surface area contributed by atoms with Crippen molar-refractivity contribution in [3.8, 4) is 0 Å². The molecule has 1 amide bonds. The van der Waals surface area contributed by atoms with E-state index in [-0.39, 0.29) is 24.0 Å². The number of rotatable bonds is 2. The zero-order chi connectivity index (χ0) is 15.5. The number of hydrogen-bond donors (Lipinski definition) is 1. The first-order chi connectivity index (χ1) is 10.7. The highest BCUT2D eigenvalue weighted by atomic mass is 35.5. The number of hydrogen-bond acceptors (Lipinski definition) is 3. The molecule has 7 heteroatoms. The summed E-state index contributed by atoms with van der Waals surface area (Å²) in [5.74, 6) is -1.97. The molecule has 1 aromatic heterocycles. The molecule has 0 aliphatic carbocycles. The van der Waals surface area contributed by atoms with E-state index in [1.54, 1.807) is 23.4 Å². The van der Waals surface area contributed by atoms with Gasteiger partial charge < -0.3 is 10.2 Å². The van der Waals surface area contributed by atoms with Crippen molar-refractivity contribution in [1.29, 1.82) is 0 Å². The molecule has 0 radical (unpaired) electrons. The number of carbonyl (C=O) groups is 1. The topological polar surface area (TPSA) is 45.2 Å². The Kier molecular flexibility index (Phi) is 5.63. The lowest BCUT2D eigenvalue weighted by Gasteiger charge is -2.36. The Balaban J connectivity index is 0.00000192. The van der Waals surface area contributed by atoms with Gasteiger partial charge in [0, 0.05) is 38.1 Å². The predicted molar refractivity (Wildman–Crippen MR) is 84.5 cm³/mol. The molecule has 1 atom stereocenters. The van der Waals surface area contributed by atoms with Crippen LogP contribution in [-0.4, -0.2) is 35.4 Å². The van der Waals surface area contributed by atoms with Crippen LogP contribution in [0.15, 0.2) is 42.7 Å². The van der Waals surface area contributed by atoms with Crippen LogP contribution in [0.3, 0.4) is 0 Å². The average Bonchev–Trinajstić information content (AvgIpc) is 2.55. The molecular formula is C16H16ClF2N3O. The van der Waals surface area contributed by atoms with Gasteiger partial charge in [-0.05, 0) is 23.8 Å². The first-order valence-electron chi connectivity index (χ1n) is 7.03. The highest BCUT2D eigenvalue weighted by molar-refractivity contribution is 5.94. The van der Waals surface area contributed by atoms with E-state index in [0.29, 0.717) is 19.6 Å². The van der Waals surface area contributed by atoms with Crippen molar-refractivity contribution in [3.05, 3.63) is 65.5 Å². The van der Waals surface area contributed by atoms with Crippen LogP contribution in [-0.2, 0) is 0 Å². The van der Waals surface area contributed by atoms with Crippen LogP contribution >= 0.6 is 12.4 Å². The van der Waals surface area contributed by atoms with Crippen LogP contribution in [0.4, 0.5) is 8.78 Å². The molecule has 23 heavy (non-hydrogen) atoms. The lowest BCUT2D eigenvalue weighted by Crippen LogP contribution is -2.48. The predicted octanol–water partition coefficient (Wildman–Crippen LogP) is 2.57. The summed E-state index contributed by atoms with van der Waals surface area (Å²) in [7, 11) is 0. The van der Waals surface area contributed by atoms with Gasteiger partial charge in [-0.2, -0.15) is 0 Å². The lowest BCUT2D eigenvalue weighted by atomic mass is 10.0. The van der Waals surface area contributed by atoms with Crippen molar-refractivity contribution in [3.63, 3.8) is 0 Å². The van der Waals surface area contributed by atoms with Crippen LogP contribution in [0, 0.1) is 11.6 Å². The van der Waals surface area contributed by atoms with E-state index >= 15 is 0 Å². The number of pyridine rings is 1. The molecule has 0 spiro atoms. The molecule has 1 fully saturated rings. The summed E-state index contributed by atoms with van der Waals surface area (Å²) in [6.45, 7) is 1.65. The number of amides is 1. The van der Waals surface area contributed by atoms with Gasteiger partial charge in [0.05, 0.1) is 11.6 Å². The van der Waals surface area contributed by atoms with Crippen LogP contribution in [0.1, 0.15) is 22.0 Å². The van der Waals surface area contributed by atoms with Crippen LogP contribution in [0.25, 0.3) is 0 Å². The second-order valence-electron chi connectivity index (χ2n) is 5.13. The molecule has 1 aromatic carbocycles. The van der Waals surface area contributed by atoms with Gasteiger partial charge in [-0.15, -0.1) is 12.4 Å². The van der Waals surface area contributed by atoms with Gasteiger partial charge in [-0.25, -0.2) is 8.78 Å². The second-order valence-corrected chi connectivity index (χ2v) is 5.13. The summed E-state index contributed by atoms with van der Waals surface area (Å²) in [6.07, 6.45) is 3.35. The van der Waals surface area contributed by atoms with Crippen molar-refractivity contribution in [2.45, 2.75) is 6.04 Å². The Bertz CT molecular complexity index is 684. The Morgan fingerprint density at radius 2 is 2.13 bits per heavy atom. The summed E-state index contributed by atoms with van der Waals surface area (Å²) in [6, 6.07) is 6.47. The van der Waals surface area contributed by atoms with Gasteiger partial charge >= 0.3 is 0 Å². The number of nitrogens with one attached hydrogen (secondary N) is 1. The van der Waals surface area contributed by atoms with E-state index in [1.165, 1.54) is 6.07 Å². The highest BCUT2D eigenvalue weighted by Gasteiger charge is 2.30. The Morgan fingerprint density at radius 3 is 2.83 bits per heavy atom. The summed E-state index contributed by atoms with van der Waals surface area (Å²) in [4.78, 5) is 18.3. The molecule has 2 aromatic rings. The maximum absolute atomic E-state index is 13.9. The van der Waals surface area contributed by atoms with Gasteiger partial charge in [-0.3, -0.25) is 9.78 Å². The first kappa shape index (κ1) is 17.3. The number of carbonyl (C=O) groups excluding carboxylic acids is 1. The molecule has 4 nitrogen and oxygen atoms in total. The van der Waals surface area contributed by atoms with Gasteiger partial charge in [0.2, 0.25) is 0 Å². The molecular weight excluding hydrogens is 324 g/mol. The fourth-order valence-electron chi connectivity index (χ4n) is 2.64. The van der Waals surface area contributed by atoms with E-state index in [2.05, 4.69) is 10.3 Å². The molecule has 1 unspecified atom stereocenters. The summed E-state index contributed by atoms with van der Waals surface area (Å²) in [5, 5.41) is 3.22. The summed E-state index contributed by atoms with van der Waals surface area (Å²) in [5.41, 5.74) is 0.766. The van der Waals surface area contributed by atoms with Crippen molar-refractivity contribution in [1.82, 2.24) is 15.2 Å². The lowest BCUT2D eigenvalue weighted by molar-refractivity contribution is 0.0629. The number of aromatic nitrogens is 1. The third-order valence-electron chi connectivity index (χ3n) is 3.73. The summed E-state index contributed by atoms with van der Waals surface area (Å²) >= 11 is 0. The van der Waals surface area contributed by atoms with Gasteiger partial charge in [0.1, 0.15) is 11.6 Å². The smallest absolute Gasteiger partial charge is 0.257 e. The molecule has 1 aliphatic heterocycles. The van der Waals surface area contributed by atoms with Gasteiger partial charge in [-0.1, -0.05) is 6.07 Å². The average molecular weight is 340 g/mol. The zero-order valence-corrected chi connectivity index (χ0v) is 13.0. The van der Waals surface area contributed by atoms with Crippen LogP contribution in [0.2, 0.25) is 0 Å². The molecule has 3 rings (SSSR count). The number of nitrogens with zero attached hydrogens (tertiary/aromatic N) is 2. The maximum Gasteiger partial charge on any atom is 0.257 e. The van der Waals surface area contributed by atoms with Crippen molar-refractivity contribution in [2.24, 2.45) is 0 Å². The molecule has 2 heterocycles. The zero-order valence-electron chi connectivity index (χ0n) is 12.2. The SMILES string of the molecule is Cl.O=C(c1ccc(F)cc1F)N1CCNCC1c1cccnc1. The normalized spacial score (nSPS) is 17.5. The fraction of sp³-hybridized carbons (Fsp3) is 0.250. The second kappa shape index (κ2) is 7.48. The minimum absolute atomic E-state index is 0. The number of piperazine rings is 1. The highest BCUT2D eigenvalue weighted by Crippen LogP contribution is 2.24. The standard InChI is InChI=1S/C16H15F2N3O.ClH/c17-12-3-4-13(14(18)8-12)16(22)21-7-6-20-10-15(21)11-2-1-5-19-9-11;/h1-5,8-9,15,20H,6-7,10H2;1H. The molecule has 122 valence electrons. The van der Waals surface area contributed by atoms with Crippen molar-refractivity contribution >= 4 is 18.3 Å². The number of benzene rings is 1. The minimum Gasteiger partial charge on any atom is -0.329 e. The molecule has 0 bridgehead atoms. The maximum atomic E-state index is 13.9. The summed E-state index contributed by atoms with van der Waals surface area (Å²) < 4.78 is 26.9. The third-order valence-corrected chi connectivity index (χ3v) is 3.73. The van der Waals surface area contributed by atoms with Crippen LogP contribution < -0.4 is 5.32 Å². The Labute approximate surface area is 138 Å².